The lowest BCUT2D eigenvalue weighted by molar-refractivity contribution is 1.06. The largest absolute Gasteiger partial charge is 0.368 e. The maximum absolute atomic E-state index is 3.96. The lowest BCUT2D eigenvalue weighted by Gasteiger charge is -1.98. The molecule has 0 fully saturated rings. The van der Waals surface area contributed by atoms with Crippen LogP contribution in [0.25, 0.3) is 5.69 Å². The topological polar surface area (TPSA) is 33.6 Å². The molecule has 80 valence electrons. The second-order valence-corrected chi connectivity index (χ2v) is 3.19. The predicted molar refractivity (Wildman–Crippen MR) is 64.4 cm³/mol. The smallest absolute Gasteiger partial charge is 0.0991 e. The number of rotatable bonds is 1. The van der Waals surface area contributed by atoms with Gasteiger partial charge < -0.3 is 9.55 Å². The summed E-state index contributed by atoms with van der Waals surface area (Å²) in [6, 6.07) is 14.0. The molecule has 0 aliphatic heterocycles. The van der Waals surface area contributed by atoms with Gasteiger partial charge in [0.15, 0.2) is 0 Å². The Morgan fingerprint density at radius 2 is 1.69 bits per heavy atom. The zero-order valence-electron chi connectivity index (χ0n) is 8.82. The Morgan fingerprint density at radius 1 is 0.938 bits per heavy atom. The highest BCUT2D eigenvalue weighted by Gasteiger charge is 1.89. The number of imidazole rings is 1. The Labute approximate surface area is 94.4 Å². The molecule has 0 spiro atoms. The van der Waals surface area contributed by atoms with Crippen molar-refractivity contribution in [3.05, 3.63) is 73.6 Å². The third-order valence-electron chi connectivity index (χ3n) is 2.05. The molecule has 0 saturated carbocycles. The van der Waals surface area contributed by atoms with Crippen LogP contribution in [0.4, 0.5) is 0 Å². The molecule has 0 radical (unpaired) electrons. The average molecular weight is 211 g/mol. The molecule has 3 aromatic rings. The first-order valence-corrected chi connectivity index (χ1v) is 5.08. The molecule has 0 unspecified atom stereocenters. The molecule has 1 aromatic carbocycles. The van der Waals surface area contributed by atoms with Crippen molar-refractivity contribution in [2.75, 3.05) is 0 Å². The van der Waals surface area contributed by atoms with Gasteiger partial charge in [0.25, 0.3) is 0 Å². The van der Waals surface area contributed by atoms with Gasteiger partial charge >= 0.3 is 0 Å². The van der Waals surface area contributed by atoms with Crippen LogP contribution in [0, 0.1) is 0 Å². The van der Waals surface area contributed by atoms with Crippen LogP contribution in [0.3, 0.4) is 0 Å². The van der Waals surface area contributed by atoms with E-state index in [1.54, 1.807) is 12.5 Å². The molecule has 0 atom stereocenters. The van der Waals surface area contributed by atoms with Crippen molar-refractivity contribution in [1.29, 1.82) is 0 Å². The highest BCUT2D eigenvalue weighted by molar-refractivity contribution is 5.30. The molecule has 1 N–H and O–H groups in total. The fourth-order valence-corrected chi connectivity index (χ4v) is 1.29. The summed E-state index contributed by atoms with van der Waals surface area (Å²) in [4.78, 5) is 6.82. The number of hydrogen-bond acceptors (Lipinski definition) is 1. The van der Waals surface area contributed by atoms with Gasteiger partial charge in [-0.2, -0.15) is 0 Å². The summed E-state index contributed by atoms with van der Waals surface area (Å²) in [5, 5.41) is 0. The molecule has 3 rings (SSSR count). The number of H-pyrrole nitrogens is 1. The predicted octanol–water partition coefficient (Wildman–Crippen LogP) is 2.89. The number of aromatic amines is 1. The monoisotopic (exact) mass is 211 g/mol. The molecule has 3 nitrogen and oxygen atoms in total. The van der Waals surface area contributed by atoms with E-state index < -0.39 is 0 Å². The molecular weight excluding hydrogens is 198 g/mol. The molecular formula is C13H13N3. The van der Waals surface area contributed by atoms with Gasteiger partial charge in [0.2, 0.25) is 0 Å². The van der Waals surface area contributed by atoms with E-state index in [9.17, 15) is 0 Å². The zero-order valence-corrected chi connectivity index (χ0v) is 8.82. The molecule has 3 heteroatoms. The van der Waals surface area contributed by atoms with E-state index in [1.165, 1.54) is 0 Å². The van der Waals surface area contributed by atoms with E-state index in [2.05, 4.69) is 9.97 Å². The van der Waals surface area contributed by atoms with Gasteiger partial charge in [-0.05, 0) is 24.3 Å². The van der Waals surface area contributed by atoms with Crippen LogP contribution in [-0.2, 0) is 0 Å². The number of nitrogens with zero attached hydrogens (tertiary/aromatic N) is 2. The molecule has 0 amide bonds. The lowest BCUT2D eigenvalue weighted by atomic mass is 10.3. The number of para-hydroxylation sites is 1. The van der Waals surface area contributed by atoms with Crippen LogP contribution in [0.1, 0.15) is 0 Å². The Bertz CT molecular complexity index is 452. The van der Waals surface area contributed by atoms with Crippen molar-refractivity contribution in [2.24, 2.45) is 0 Å². The molecule has 0 aliphatic rings. The summed E-state index contributed by atoms with van der Waals surface area (Å²) in [6.45, 7) is 0. The summed E-state index contributed by atoms with van der Waals surface area (Å²) < 4.78 is 1.97. The summed E-state index contributed by atoms with van der Waals surface area (Å²) in [5.41, 5.74) is 1.14. The number of nitrogens with one attached hydrogen (secondary N) is 1. The van der Waals surface area contributed by atoms with Crippen molar-refractivity contribution in [1.82, 2.24) is 14.5 Å². The Balaban J connectivity index is 0.000000162. The minimum Gasteiger partial charge on any atom is -0.368 e. The maximum atomic E-state index is 3.96. The first-order chi connectivity index (χ1) is 7.97. The van der Waals surface area contributed by atoms with Crippen LogP contribution in [0.2, 0.25) is 0 Å². The van der Waals surface area contributed by atoms with Gasteiger partial charge in [0.05, 0.1) is 6.33 Å². The minimum absolute atomic E-state index is 1.14. The van der Waals surface area contributed by atoms with Crippen molar-refractivity contribution in [2.45, 2.75) is 0 Å². The van der Waals surface area contributed by atoms with E-state index in [4.69, 9.17) is 0 Å². The average Bonchev–Trinajstić information content (AvgIpc) is 3.07. The second kappa shape index (κ2) is 5.56. The minimum atomic E-state index is 1.14. The fourth-order valence-electron chi connectivity index (χ4n) is 1.29. The van der Waals surface area contributed by atoms with Crippen LogP contribution in [0.5, 0.6) is 0 Å². The van der Waals surface area contributed by atoms with Gasteiger partial charge in [-0.25, -0.2) is 4.98 Å². The van der Waals surface area contributed by atoms with Crippen molar-refractivity contribution in [3.63, 3.8) is 0 Å². The molecule has 0 aliphatic carbocycles. The Hall–Kier alpha value is -2.29. The van der Waals surface area contributed by atoms with Crippen LogP contribution >= 0.6 is 0 Å². The van der Waals surface area contributed by atoms with E-state index in [1.807, 2.05) is 65.6 Å². The van der Waals surface area contributed by atoms with E-state index in [0.717, 1.165) is 5.69 Å². The van der Waals surface area contributed by atoms with Crippen molar-refractivity contribution >= 4 is 0 Å². The number of benzene rings is 1. The molecule has 2 aromatic heterocycles. The van der Waals surface area contributed by atoms with Gasteiger partial charge in [-0.1, -0.05) is 18.2 Å². The lowest BCUT2D eigenvalue weighted by Crippen LogP contribution is -1.87. The summed E-state index contributed by atoms with van der Waals surface area (Å²) in [7, 11) is 0. The van der Waals surface area contributed by atoms with E-state index in [0.29, 0.717) is 0 Å². The fraction of sp³-hybridized carbons (Fsp3) is 0. The third-order valence-corrected chi connectivity index (χ3v) is 2.05. The number of aromatic nitrogens is 3. The first kappa shape index (κ1) is 10.2. The van der Waals surface area contributed by atoms with Gasteiger partial charge in [0, 0.05) is 30.5 Å². The number of hydrogen-bond donors (Lipinski definition) is 1. The highest BCUT2D eigenvalue weighted by Crippen LogP contribution is 2.04. The normalized spacial score (nSPS) is 9.25. The van der Waals surface area contributed by atoms with E-state index >= 15 is 0 Å². The van der Waals surface area contributed by atoms with Crippen LogP contribution in [-0.4, -0.2) is 14.5 Å². The SMILES string of the molecule is c1cc[nH]c1.c1ccc(-n2ccnc2)cc1. The summed E-state index contributed by atoms with van der Waals surface area (Å²) in [5.74, 6) is 0. The van der Waals surface area contributed by atoms with Crippen molar-refractivity contribution < 1.29 is 0 Å². The summed E-state index contributed by atoms with van der Waals surface area (Å²) in [6.07, 6.45) is 9.23. The van der Waals surface area contributed by atoms with Gasteiger partial charge in [-0.3, -0.25) is 0 Å². The summed E-state index contributed by atoms with van der Waals surface area (Å²) >= 11 is 0. The first-order valence-electron chi connectivity index (χ1n) is 5.08. The molecule has 0 saturated heterocycles. The van der Waals surface area contributed by atoms with Gasteiger partial charge in [0.1, 0.15) is 0 Å². The van der Waals surface area contributed by atoms with Crippen LogP contribution < -0.4 is 0 Å². The Kier molecular flexibility index (Phi) is 3.55. The van der Waals surface area contributed by atoms with Crippen LogP contribution in [0.15, 0.2) is 73.6 Å². The zero-order chi connectivity index (χ0) is 11.1. The standard InChI is InChI=1S/C9H8N2.C4H5N/c1-2-4-9(5-3-1)11-7-6-10-8-11;1-2-4-5-3-1/h1-8H;1-5H. The van der Waals surface area contributed by atoms with Crippen molar-refractivity contribution in [3.8, 4) is 5.69 Å². The maximum Gasteiger partial charge on any atom is 0.0991 e. The quantitative estimate of drug-likeness (QED) is 0.659. The third kappa shape index (κ3) is 2.85. The second-order valence-electron chi connectivity index (χ2n) is 3.19. The molecule has 2 heterocycles. The molecule has 0 bridgehead atoms. The van der Waals surface area contributed by atoms with E-state index in [-0.39, 0.29) is 0 Å². The highest BCUT2D eigenvalue weighted by atomic mass is 15.0. The Morgan fingerprint density at radius 3 is 2.19 bits per heavy atom. The molecule has 16 heavy (non-hydrogen) atoms. The van der Waals surface area contributed by atoms with Gasteiger partial charge in [-0.15, -0.1) is 0 Å².